The third kappa shape index (κ3) is 3.85. The van der Waals surface area contributed by atoms with Gasteiger partial charge in [0.15, 0.2) is 0 Å². The smallest absolute Gasteiger partial charge is 0.222 e. The number of hydrogen-bond acceptors (Lipinski definition) is 4. The maximum absolute atomic E-state index is 12.0. The number of aryl methyl sites for hydroxylation is 2. The molecule has 1 saturated heterocycles. The highest BCUT2D eigenvalue weighted by Crippen LogP contribution is 2.23. The predicted octanol–water partition coefficient (Wildman–Crippen LogP) is 2.19. The monoisotopic (exact) mass is 342 g/mol. The predicted molar refractivity (Wildman–Crippen MR) is 96.3 cm³/mol. The van der Waals surface area contributed by atoms with Gasteiger partial charge in [0.2, 0.25) is 11.8 Å². The van der Waals surface area contributed by atoms with E-state index in [9.17, 15) is 4.79 Å². The van der Waals surface area contributed by atoms with Crippen molar-refractivity contribution in [3.05, 3.63) is 47.2 Å². The van der Waals surface area contributed by atoms with E-state index in [-0.39, 0.29) is 11.9 Å². The van der Waals surface area contributed by atoms with Crippen LogP contribution in [0, 0.1) is 6.92 Å². The molecule has 1 unspecified atom stereocenters. The number of aromatic nitrogens is 2. The Morgan fingerprint density at radius 2 is 2.08 bits per heavy atom. The quantitative estimate of drug-likeness (QED) is 0.838. The van der Waals surface area contributed by atoms with Crippen LogP contribution >= 0.6 is 0 Å². The van der Waals surface area contributed by atoms with E-state index in [0.717, 1.165) is 30.1 Å². The summed E-state index contributed by atoms with van der Waals surface area (Å²) >= 11 is 0. The number of benzene rings is 1. The fourth-order valence-electron chi connectivity index (χ4n) is 3.46. The Kier molecular flexibility index (Phi) is 5.38. The third-order valence-electron chi connectivity index (χ3n) is 4.78. The molecule has 25 heavy (non-hydrogen) atoms. The summed E-state index contributed by atoms with van der Waals surface area (Å²) in [4.78, 5) is 14.0. The highest BCUT2D eigenvalue weighted by molar-refractivity contribution is 5.78. The molecule has 0 spiro atoms. The lowest BCUT2D eigenvalue weighted by Crippen LogP contribution is -2.35. The van der Waals surface area contributed by atoms with Crippen molar-refractivity contribution >= 4 is 5.91 Å². The zero-order chi connectivity index (χ0) is 17.8. The second-order valence-electron chi connectivity index (χ2n) is 6.48. The van der Waals surface area contributed by atoms with Crippen LogP contribution < -0.4 is 10.1 Å². The number of carbonyl (C=O) groups excluding carboxylic acids is 1. The van der Waals surface area contributed by atoms with Gasteiger partial charge in [-0.15, -0.1) is 0 Å². The van der Waals surface area contributed by atoms with Crippen LogP contribution in [0.2, 0.25) is 0 Å². The first-order chi connectivity index (χ1) is 12.1. The molecule has 2 aromatic rings. The molecule has 6 heteroatoms. The van der Waals surface area contributed by atoms with Gasteiger partial charge in [0, 0.05) is 33.1 Å². The van der Waals surface area contributed by atoms with E-state index in [0.29, 0.717) is 19.5 Å². The number of likely N-dealkylation sites (tertiary alicyclic amines) is 1. The van der Waals surface area contributed by atoms with Crippen LogP contribution in [0.4, 0.5) is 0 Å². The zero-order valence-corrected chi connectivity index (χ0v) is 15.2. The summed E-state index contributed by atoms with van der Waals surface area (Å²) in [6, 6.07) is 10.4. The molecule has 1 aromatic heterocycles. The van der Waals surface area contributed by atoms with Crippen LogP contribution in [0.5, 0.6) is 5.88 Å². The first-order valence-corrected chi connectivity index (χ1v) is 8.72. The van der Waals surface area contributed by atoms with E-state index in [1.54, 1.807) is 11.8 Å². The van der Waals surface area contributed by atoms with Gasteiger partial charge in [-0.2, -0.15) is 5.10 Å². The molecule has 1 aliphatic heterocycles. The number of nitrogens with one attached hydrogen (secondary N) is 1. The zero-order valence-electron chi connectivity index (χ0n) is 15.2. The van der Waals surface area contributed by atoms with Crippen molar-refractivity contribution in [3.8, 4) is 5.88 Å². The Bertz CT molecular complexity index is 727. The SMILES string of the molecule is COc1c(CNC(CN2CCCC2=O)c2ccccc2)c(C)nn1C. The van der Waals surface area contributed by atoms with Gasteiger partial charge < -0.3 is 15.0 Å². The number of rotatable bonds is 7. The number of hydrogen-bond donors (Lipinski definition) is 1. The summed E-state index contributed by atoms with van der Waals surface area (Å²) in [6.45, 7) is 4.16. The Morgan fingerprint density at radius 1 is 1.32 bits per heavy atom. The van der Waals surface area contributed by atoms with Gasteiger partial charge in [-0.25, -0.2) is 4.68 Å². The molecule has 1 atom stereocenters. The fraction of sp³-hybridized carbons (Fsp3) is 0.474. The molecule has 0 aliphatic carbocycles. The minimum atomic E-state index is 0.0764. The average molecular weight is 342 g/mol. The molecule has 1 aliphatic rings. The van der Waals surface area contributed by atoms with Crippen molar-refractivity contribution in [2.75, 3.05) is 20.2 Å². The van der Waals surface area contributed by atoms with Gasteiger partial charge in [0.1, 0.15) is 0 Å². The average Bonchev–Trinajstić information content (AvgIpc) is 3.14. The molecule has 1 N–H and O–H groups in total. The second kappa shape index (κ2) is 7.70. The summed E-state index contributed by atoms with van der Waals surface area (Å²) in [7, 11) is 3.55. The standard InChI is InChI=1S/C19H26N4O2/c1-14-16(19(25-3)22(2)21-14)12-20-17(15-8-5-4-6-9-15)13-23-11-7-10-18(23)24/h4-6,8-9,17,20H,7,10-13H2,1-3H3. The van der Waals surface area contributed by atoms with Crippen LogP contribution in [0.25, 0.3) is 0 Å². The van der Waals surface area contributed by atoms with Gasteiger partial charge in [-0.3, -0.25) is 4.79 Å². The van der Waals surface area contributed by atoms with Crippen molar-refractivity contribution in [2.24, 2.45) is 7.05 Å². The summed E-state index contributed by atoms with van der Waals surface area (Å²) < 4.78 is 7.24. The molecule has 2 heterocycles. The van der Waals surface area contributed by atoms with Crippen molar-refractivity contribution in [1.29, 1.82) is 0 Å². The largest absolute Gasteiger partial charge is 0.481 e. The molecule has 0 radical (unpaired) electrons. The van der Waals surface area contributed by atoms with Crippen molar-refractivity contribution in [2.45, 2.75) is 32.4 Å². The number of ether oxygens (including phenoxy) is 1. The number of amides is 1. The highest BCUT2D eigenvalue weighted by atomic mass is 16.5. The van der Waals surface area contributed by atoms with E-state index in [2.05, 4.69) is 22.5 Å². The first kappa shape index (κ1) is 17.5. The normalized spacial score (nSPS) is 15.6. The minimum Gasteiger partial charge on any atom is -0.481 e. The maximum atomic E-state index is 12.0. The molecule has 1 fully saturated rings. The lowest BCUT2D eigenvalue weighted by molar-refractivity contribution is -0.128. The van der Waals surface area contributed by atoms with Gasteiger partial charge in [0.25, 0.3) is 0 Å². The summed E-state index contributed by atoms with van der Waals surface area (Å²) in [5.41, 5.74) is 3.19. The number of carbonyl (C=O) groups is 1. The molecule has 3 rings (SSSR count). The van der Waals surface area contributed by atoms with Gasteiger partial charge in [0.05, 0.1) is 24.4 Å². The van der Waals surface area contributed by atoms with Gasteiger partial charge in [-0.05, 0) is 18.9 Å². The van der Waals surface area contributed by atoms with Crippen LogP contribution in [-0.4, -0.2) is 40.8 Å². The van der Waals surface area contributed by atoms with Gasteiger partial charge in [-0.1, -0.05) is 30.3 Å². The lowest BCUT2D eigenvalue weighted by Gasteiger charge is -2.25. The Balaban J connectivity index is 1.77. The summed E-state index contributed by atoms with van der Waals surface area (Å²) in [5.74, 6) is 1.02. The van der Waals surface area contributed by atoms with Gasteiger partial charge >= 0.3 is 0 Å². The minimum absolute atomic E-state index is 0.0764. The molecular formula is C19H26N4O2. The number of nitrogens with zero attached hydrogens (tertiary/aromatic N) is 3. The van der Waals surface area contributed by atoms with Crippen molar-refractivity contribution in [3.63, 3.8) is 0 Å². The maximum Gasteiger partial charge on any atom is 0.222 e. The van der Waals surface area contributed by atoms with Crippen LogP contribution in [0.1, 0.15) is 35.7 Å². The van der Waals surface area contributed by atoms with E-state index in [1.165, 1.54) is 5.56 Å². The summed E-state index contributed by atoms with van der Waals surface area (Å²) in [6.07, 6.45) is 1.62. The van der Waals surface area contributed by atoms with E-state index < -0.39 is 0 Å². The lowest BCUT2D eigenvalue weighted by atomic mass is 10.1. The molecule has 1 aromatic carbocycles. The van der Waals surface area contributed by atoms with E-state index in [4.69, 9.17) is 4.74 Å². The second-order valence-corrected chi connectivity index (χ2v) is 6.48. The molecule has 134 valence electrons. The van der Waals surface area contributed by atoms with Crippen LogP contribution in [-0.2, 0) is 18.4 Å². The highest BCUT2D eigenvalue weighted by Gasteiger charge is 2.25. The molecular weight excluding hydrogens is 316 g/mol. The molecule has 6 nitrogen and oxygen atoms in total. The molecule has 0 saturated carbocycles. The topological polar surface area (TPSA) is 59.4 Å². The Morgan fingerprint density at radius 3 is 2.72 bits per heavy atom. The van der Waals surface area contributed by atoms with Crippen molar-refractivity contribution in [1.82, 2.24) is 20.0 Å². The number of methoxy groups -OCH3 is 1. The van der Waals surface area contributed by atoms with Crippen LogP contribution in [0.3, 0.4) is 0 Å². The Hall–Kier alpha value is -2.34. The van der Waals surface area contributed by atoms with E-state index >= 15 is 0 Å². The molecule has 1 amide bonds. The first-order valence-electron chi connectivity index (χ1n) is 8.72. The Labute approximate surface area is 148 Å². The van der Waals surface area contributed by atoms with Crippen molar-refractivity contribution < 1.29 is 9.53 Å². The van der Waals surface area contributed by atoms with E-state index in [1.807, 2.05) is 37.1 Å². The fourth-order valence-corrected chi connectivity index (χ4v) is 3.46. The third-order valence-corrected chi connectivity index (χ3v) is 4.78. The summed E-state index contributed by atoms with van der Waals surface area (Å²) in [5, 5.41) is 8.04. The molecule has 0 bridgehead atoms. The van der Waals surface area contributed by atoms with Crippen LogP contribution in [0.15, 0.2) is 30.3 Å².